The topological polar surface area (TPSA) is 50.6 Å². The van der Waals surface area contributed by atoms with Crippen molar-refractivity contribution in [3.8, 4) is 5.75 Å². The molecule has 6 heteroatoms. The fraction of sp³-hybridized carbons (Fsp3) is 0.545. The predicted molar refractivity (Wildman–Crippen MR) is 108 cm³/mol. The van der Waals surface area contributed by atoms with Crippen LogP contribution in [-0.4, -0.2) is 50.7 Å². The van der Waals surface area contributed by atoms with E-state index in [1.54, 1.807) is 6.92 Å². The lowest BCUT2D eigenvalue weighted by Gasteiger charge is -2.43. The fourth-order valence-electron chi connectivity index (χ4n) is 4.66. The Morgan fingerprint density at radius 3 is 2.75 bits per heavy atom. The molecule has 150 valence electrons. The summed E-state index contributed by atoms with van der Waals surface area (Å²) < 4.78 is 8.54. The van der Waals surface area contributed by atoms with Crippen LogP contribution in [0.3, 0.4) is 0 Å². The number of fused-ring (bicyclic) bond motifs is 1. The quantitative estimate of drug-likeness (QED) is 0.819. The van der Waals surface area contributed by atoms with Gasteiger partial charge in [-0.3, -0.25) is 14.4 Å². The van der Waals surface area contributed by atoms with Crippen LogP contribution >= 0.6 is 0 Å². The molecule has 2 heterocycles. The molecule has 0 bridgehead atoms. The van der Waals surface area contributed by atoms with Crippen molar-refractivity contribution in [2.75, 3.05) is 13.6 Å². The molecule has 1 spiro atoms. The van der Waals surface area contributed by atoms with Gasteiger partial charge in [0.15, 0.2) is 0 Å². The number of aryl methyl sites for hydroxylation is 1. The normalized spacial score (nSPS) is 25.0. The number of carbonyl (C=O) groups is 1. The zero-order valence-corrected chi connectivity index (χ0v) is 17.1. The summed E-state index contributed by atoms with van der Waals surface area (Å²) in [6.45, 7) is 4.29. The molecule has 2 aromatic rings. The molecule has 1 aliphatic heterocycles. The van der Waals surface area contributed by atoms with E-state index < -0.39 is 0 Å². The van der Waals surface area contributed by atoms with Gasteiger partial charge in [-0.1, -0.05) is 18.2 Å². The highest BCUT2D eigenvalue weighted by molar-refractivity contribution is 5.73. The van der Waals surface area contributed by atoms with E-state index in [1.807, 2.05) is 29.9 Å². The summed E-state index contributed by atoms with van der Waals surface area (Å²) in [5, 5.41) is 4.32. The van der Waals surface area contributed by atoms with Crippen LogP contribution in [0.4, 0.5) is 0 Å². The Labute approximate surface area is 167 Å². The number of amides is 1. The fourth-order valence-corrected chi connectivity index (χ4v) is 4.66. The maximum absolute atomic E-state index is 11.8. The van der Waals surface area contributed by atoms with Gasteiger partial charge in [-0.2, -0.15) is 5.10 Å². The monoisotopic (exact) mass is 382 g/mol. The molecule has 1 aliphatic carbocycles. The molecule has 1 aromatic heterocycles. The molecule has 0 saturated heterocycles. The summed E-state index contributed by atoms with van der Waals surface area (Å²) in [6.07, 6.45) is 7.93. The van der Waals surface area contributed by atoms with E-state index in [2.05, 4.69) is 40.5 Å². The Kier molecular flexibility index (Phi) is 5.15. The van der Waals surface area contributed by atoms with Crippen LogP contribution in [-0.2, 0) is 24.9 Å². The van der Waals surface area contributed by atoms with Gasteiger partial charge in [-0.05, 0) is 31.7 Å². The summed E-state index contributed by atoms with van der Waals surface area (Å²) >= 11 is 0. The van der Waals surface area contributed by atoms with Crippen LogP contribution in [0.5, 0.6) is 5.75 Å². The maximum Gasteiger partial charge on any atom is 0.219 e. The number of carbonyl (C=O) groups excluding carboxylic acids is 1. The van der Waals surface area contributed by atoms with Gasteiger partial charge in [0, 0.05) is 64.0 Å². The molecule has 28 heavy (non-hydrogen) atoms. The second-order valence-corrected chi connectivity index (χ2v) is 8.42. The highest BCUT2D eigenvalue weighted by Gasteiger charge is 2.42. The van der Waals surface area contributed by atoms with Crippen LogP contribution in [0.2, 0.25) is 0 Å². The van der Waals surface area contributed by atoms with Gasteiger partial charge in [0.2, 0.25) is 5.91 Å². The van der Waals surface area contributed by atoms with Crippen molar-refractivity contribution >= 4 is 5.91 Å². The molecular formula is C22H30N4O2. The Balaban J connectivity index is 1.56. The van der Waals surface area contributed by atoms with Crippen molar-refractivity contribution < 1.29 is 9.53 Å². The summed E-state index contributed by atoms with van der Waals surface area (Å²) in [5.74, 6) is 1.15. The van der Waals surface area contributed by atoms with E-state index in [1.165, 1.54) is 11.1 Å². The molecule has 1 saturated carbocycles. The molecule has 4 rings (SSSR count). The molecule has 1 aromatic carbocycles. The number of hydrogen-bond acceptors (Lipinski definition) is 4. The molecular weight excluding hydrogens is 352 g/mol. The SMILES string of the molecule is CC(=O)N(C)C1CCC2(CC1)CN(Cc1cnn(C)c1)Cc1ccccc1O2. The largest absolute Gasteiger partial charge is 0.486 e. The number of nitrogens with zero attached hydrogens (tertiary/aromatic N) is 4. The van der Waals surface area contributed by atoms with Crippen LogP contribution in [0.25, 0.3) is 0 Å². The highest BCUT2D eigenvalue weighted by Crippen LogP contribution is 2.39. The number of hydrogen-bond donors (Lipinski definition) is 0. The van der Waals surface area contributed by atoms with Crippen molar-refractivity contribution in [1.29, 1.82) is 0 Å². The summed E-state index contributed by atoms with van der Waals surface area (Å²) in [5.41, 5.74) is 2.27. The molecule has 1 fully saturated rings. The van der Waals surface area contributed by atoms with Crippen molar-refractivity contribution in [1.82, 2.24) is 19.6 Å². The Morgan fingerprint density at radius 2 is 2.07 bits per heavy atom. The van der Waals surface area contributed by atoms with E-state index in [-0.39, 0.29) is 11.5 Å². The van der Waals surface area contributed by atoms with Crippen molar-refractivity contribution in [3.05, 3.63) is 47.8 Å². The van der Waals surface area contributed by atoms with E-state index >= 15 is 0 Å². The first-order valence-electron chi connectivity index (χ1n) is 10.1. The zero-order valence-electron chi connectivity index (χ0n) is 17.1. The van der Waals surface area contributed by atoms with E-state index in [0.717, 1.165) is 51.1 Å². The first-order chi connectivity index (χ1) is 13.4. The molecule has 2 aliphatic rings. The molecule has 0 atom stereocenters. The summed E-state index contributed by atoms with van der Waals surface area (Å²) in [7, 11) is 3.88. The van der Waals surface area contributed by atoms with E-state index in [9.17, 15) is 4.79 Å². The van der Waals surface area contributed by atoms with Crippen LogP contribution in [0.1, 0.15) is 43.7 Å². The molecule has 1 amide bonds. The first-order valence-corrected chi connectivity index (χ1v) is 10.1. The smallest absolute Gasteiger partial charge is 0.219 e. The Morgan fingerprint density at radius 1 is 1.32 bits per heavy atom. The van der Waals surface area contributed by atoms with Gasteiger partial charge in [-0.25, -0.2) is 0 Å². The lowest BCUT2D eigenvalue weighted by molar-refractivity contribution is -0.131. The standard InChI is InChI=1S/C22H30N4O2/c1-17(27)25(3)20-8-10-22(11-9-20)16-26(14-18-12-23-24(2)13-18)15-19-6-4-5-7-21(19)28-22/h4-7,12-13,20H,8-11,14-16H2,1-3H3. The lowest BCUT2D eigenvalue weighted by Crippen LogP contribution is -2.51. The maximum atomic E-state index is 11.8. The number of rotatable bonds is 3. The second-order valence-electron chi connectivity index (χ2n) is 8.42. The number of aromatic nitrogens is 2. The van der Waals surface area contributed by atoms with Gasteiger partial charge in [0.1, 0.15) is 11.4 Å². The van der Waals surface area contributed by atoms with Crippen LogP contribution in [0, 0.1) is 0 Å². The molecule has 0 radical (unpaired) electrons. The first kappa shape index (κ1) is 19.0. The molecule has 6 nitrogen and oxygen atoms in total. The minimum Gasteiger partial charge on any atom is -0.486 e. The van der Waals surface area contributed by atoms with Gasteiger partial charge in [0.05, 0.1) is 6.20 Å². The van der Waals surface area contributed by atoms with Gasteiger partial charge in [-0.15, -0.1) is 0 Å². The molecule has 0 unspecified atom stereocenters. The van der Waals surface area contributed by atoms with Gasteiger partial charge < -0.3 is 9.64 Å². The predicted octanol–water partition coefficient (Wildman–Crippen LogP) is 2.97. The third-order valence-corrected chi connectivity index (χ3v) is 6.28. The highest BCUT2D eigenvalue weighted by atomic mass is 16.5. The van der Waals surface area contributed by atoms with Crippen LogP contribution in [0.15, 0.2) is 36.7 Å². The Bertz CT molecular complexity index is 839. The average Bonchev–Trinajstić information content (AvgIpc) is 3.00. The molecule has 0 N–H and O–H groups in total. The number of para-hydroxylation sites is 1. The number of benzene rings is 1. The minimum absolute atomic E-state index is 0.145. The van der Waals surface area contributed by atoms with E-state index in [4.69, 9.17) is 4.74 Å². The van der Waals surface area contributed by atoms with Crippen LogP contribution < -0.4 is 4.74 Å². The van der Waals surface area contributed by atoms with E-state index in [0.29, 0.717) is 6.04 Å². The van der Waals surface area contributed by atoms with Crippen molar-refractivity contribution in [2.45, 2.75) is 57.3 Å². The van der Waals surface area contributed by atoms with Gasteiger partial charge >= 0.3 is 0 Å². The number of ether oxygens (including phenoxy) is 1. The summed E-state index contributed by atoms with van der Waals surface area (Å²) in [4.78, 5) is 16.1. The third kappa shape index (κ3) is 3.92. The Hall–Kier alpha value is -2.34. The second kappa shape index (κ2) is 7.59. The lowest BCUT2D eigenvalue weighted by atomic mass is 9.81. The minimum atomic E-state index is -0.192. The van der Waals surface area contributed by atoms with Crippen molar-refractivity contribution in [2.24, 2.45) is 7.05 Å². The summed E-state index contributed by atoms with van der Waals surface area (Å²) in [6, 6.07) is 8.72. The van der Waals surface area contributed by atoms with Crippen molar-refractivity contribution in [3.63, 3.8) is 0 Å². The van der Waals surface area contributed by atoms with Gasteiger partial charge in [0.25, 0.3) is 0 Å². The zero-order chi connectivity index (χ0) is 19.7. The third-order valence-electron chi connectivity index (χ3n) is 6.28. The average molecular weight is 383 g/mol.